The number of halogens is 3. The minimum Gasteiger partial charge on any atom is -0.406 e. The molecule has 0 aliphatic rings. The molecule has 2 N–H and O–H groups in total. The number of rotatable bonds is 6. The fraction of sp³-hybridized carbons (Fsp3) is 0.0952. The third-order valence-corrected chi connectivity index (χ3v) is 5.54. The molecule has 3 aromatic carbocycles. The molecule has 6 nitrogen and oxygen atoms in total. The molecule has 0 aliphatic carbocycles. The molecule has 0 radical (unpaired) electrons. The highest BCUT2D eigenvalue weighted by Gasteiger charge is 2.31. The van der Waals surface area contributed by atoms with Gasteiger partial charge in [0.1, 0.15) is 5.75 Å². The Morgan fingerprint density at radius 3 is 2.10 bits per heavy atom. The monoisotopic (exact) mass is 450 g/mol. The summed E-state index contributed by atoms with van der Waals surface area (Å²) in [5, 5.41) is 2.51. The lowest BCUT2D eigenvalue weighted by Crippen LogP contribution is -2.17. The number of nitrogens with one attached hydrogen (secondary N) is 2. The molecular weight excluding hydrogens is 433 g/mol. The zero-order valence-corrected chi connectivity index (χ0v) is 16.9. The van der Waals surface area contributed by atoms with Crippen LogP contribution in [-0.4, -0.2) is 20.7 Å². The van der Waals surface area contributed by atoms with E-state index in [9.17, 15) is 26.4 Å². The van der Waals surface area contributed by atoms with Gasteiger partial charge >= 0.3 is 6.36 Å². The van der Waals surface area contributed by atoms with E-state index >= 15 is 0 Å². The SMILES string of the molecule is Cc1ccccc1NS(=O)(=O)c1ccc(C(=O)Nc2ccc(OC(F)(F)F)cc2)cc1. The minimum atomic E-state index is -4.80. The maximum absolute atomic E-state index is 12.6. The van der Waals surface area contributed by atoms with Crippen molar-refractivity contribution in [2.45, 2.75) is 18.2 Å². The van der Waals surface area contributed by atoms with Crippen LogP contribution < -0.4 is 14.8 Å². The predicted octanol–water partition coefficient (Wildman–Crippen LogP) is 4.95. The van der Waals surface area contributed by atoms with Crippen LogP contribution in [0.4, 0.5) is 24.5 Å². The molecule has 0 unspecified atom stereocenters. The molecule has 0 bridgehead atoms. The van der Waals surface area contributed by atoms with E-state index in [0.717, 1.165) is 17.7 Å². The maximum Gasteiger partial charge on any atom is 0.573 e. The summed E-state index contributed by atoms with van der Waals surface area (Å²) >= 11 is 0. The number of hydrogen-bond acceptors (Lipinski definition) is 4. The van der Waals surface area contributed by atoms with Crippen molar-refractivity contribution < 1.29 is 31.1 Å². The smallest absolute Gasteiger partial charge is 0.406 e. The lowest BCUT2D eigenvalue weighted by molar-refractivity contribution is -0.274. The van der Waals surface area contributed by atoms with Crippen molar-refractivity contribution in [1.29, 1.82) is 0 Å². The topological polar surface area (TPSA) is 84.5 Å². The van der Waals surface area contributed by atoms with Gasteiger partial charge in [0.2, 0.25) is 0 Å². The molecule has 1 amide bonds. The average molecular weight is 450 g/mol. The average Bonchev–Trinajstić information content (AvgIpc) is 2.70. The van der Waals surface area contributed by atoms with E-state index in [1.165, 1.54) is 36.4 Å². The fourth-order valence-electron chi connectivity index (χ4n) is 2.62. The third kappa shape index (κ3) is 5.98. The summed E-state index contributed by atoms with van der Waals surface area (Å²) in [7, 11) is -3.84. The Labute approximate surface area is 176 Å². The number of aryl methyl sites for hydroxylation is 1. The van der Waals surface area contributed by atoms with Crippen LogP contribution in [0, 0.1) is 6.92 Å². The summed E-state index contributed by atoms with van der Waals surface area (Å²) < 4.78 is 67.9. The molecule has 10 heteroatoms. The summed E-state index contributed by atoms with van der Waals surface area (Å²) in [4.78, 5) is 12.3. The van der Waals surface area contributed by atoms with E-state index in [-0.39, 0.29) is 16.1 Å². The molecular formula is C21H17F3N2O4S. The highest BCUT2D eigenvalue weighted by atomic mass is 32.2. The number of hydrogen-bond donors (Lipinski definition) is 2. The van der Waals surface area contributed by atoms with E-state index in [2.05, 4.69) is 14.8 Å². The summed E-state index contributed by atoms with van der Waals surface area (Å²) in [6.07, 6.45) is -4.80. The highest BCUT2D eigenvalue weighted by molar-refractivity contribution is 7.92. The largest absolute Gasteiger partial charge is 0.573 e. The summed E-state index contributed by atoms with van der Waals surface area (Å²) in [6, 6.07) is 16.8. The van der Waals surface area contributed by atoms with E-state index < -0.39 is 28.0 Å². The molecule has 0 aliphatic heterocycles. The van der Waals surface area contributed by atoms with Crippen molar-refractivity contribution in [3.8, 4) is 5.75 Å². The van der Waals surface area contributed by atoms with Gasteiger partial charge in [-0.25, -0.2) is 8.42 Å². The third-order valence-electron chi connectivity index (χ3n) is 4.16. The van der Waals surface area contributed by atoms with Gasteiger partial charge in [-0.05, 0) is 67.1 Å². The number of amides is 1. The van der Waals surface area contributed by atoms with E-state index in [4.69, 9.17) is 0 Å². The van der Waals surface area contributed by atoms with Gasteiger partial charge in [-0.2, -0.15) is 0 Å². The van der Waals surface area contributed by atoms with E-state index in [1.54, 1.807) is 31.2 Å². The predicted molar refractivity (Wildman–Crippen MR) is 110 cm³/mol. The van der Waals surface area contributed by atoms with Gasteiger partial charge < -0.3 is 10.1 Å². The number of alkyl halides is 3. The molecule has 0 heterocycles. The number of anilines is 2. The Bertz CT molecular complexity index is 1180. The summed E-state index contributed by atoms with van der Waals surface area (Å²) in [6.45, 7) is 1.77. The highest BCUT2D eigenvalue weighted by Crippen LogP contribution is 2.24. The molecule has 3 aromatic rings. The van der Waals surface area contributed by atoms with Crippen molar-refractivity contribution in [2.24, 2.45) is 0 Å². The molecule has 0 fully saturated rings. The van der Waals surface area contributed by atoms with Crippen molar-refractivity contribution in [1.82, 2.24) is 0 Å². The van der Waals surface area contributed by atoms with Gasteiger partial charge in [-0.3, -0.25) is 9.52 Å². The van der Waals surface area contributed by atoms with Crippen LogP contribution in [0.5, 0.6) is 5.75 Å². The lowest BCUT2D eigenvalue weighted by Gasteiger charge is -2.11. The standard InChI is InChI=1S/C21H17F3N2O4S/c1-14-4-2-3-5-19(14)26-31(28,29)18-12-6-15(7-13-18)20(27)25-16-8-10-17(11-9-16)30-21(22,23)24/h2-13,26H,1H3,(H,25,27). The Hall–Kier alpha value is -3.53. The molecule has 0 saturated heterocycles. The Morgan fingerprint density at radius 2 is 1.52 bits per heavy atom. The lowest BCUT2D eigenvalue weighted by atomic mass is 10.2. The quantitative estimate of drug-likeness (QED) is 0.557. The second kappa shape index (κ2) is 8.68. The second-order valence-corrected chi connectivity index (χ2v) is 8.15. The van der Waals surface area contributed by atoms with Crippen LogP contribution in [0.2, 0.25) is 0 Å². The zero-order chi connectivity index (χ0) is 22.6. The summed E-state index contributed by atoms with van der Waals surface area (Å²) in [5.74, 6) is -0.971. The molecule has 0 spiro atoms. The van der Waals surface area contributed by atoms with Gasteiger partial charge in [0.05, 0.1) is 10.6 Å². The molecule has 162 valence electrons. The first-order valence-corrected chi connectivity index (χ1v) is 10.4. The first-order valence-electron chi connectivity index (χ1n) is 8.89. The van der Waals surface area contributed by atoms with Crippen LogP contribution in [0.25, 0.3) is 0 Å². The van der Waals surface area contributed by atoms with Crippen LogP contribution in [0.15, 0.2) is 77.7 Å². The van der Waals surface area contributed by atoms with E-state index in [0.29, 0.717) is 5.69 Å². The first-order chi connectivity index (χ1) is 14.5. The molecule has 3 rings (SSSR count). The molecule has 0 atom stereocenters. The first kappa shape index (κ1) is 22.2. The fourth-order valence-corrected chi connectivity index (χ4v) is 3.75. The molecule has 0 saturated carbocycles. The van der Waals surface area contributed by atoms with Crippen LogP contribution >= 0.6 is 0 Å². The Balaban J connectivity index is 1.68. The normalized spacial score (nSPS) is 11.6. The Morgan fingerprint density at radius 1 is 0.903 bits per heavy atom. The Kier molecular flexibility index (Phi) is 6.21. The van der Waals surface area contributed by atoms with Gasteiger partial charge in [0.15, 0.2) is 0 Å². The van der Waals surface area contributed by atoms with Crippen LogP contribution in [-0.2, 0) is 10.0 Å². The maximum atomic E-state index is 12.6. The van der Waals surface area contributed by atoms with Crippen LogP contribution in [0.3, 0.4) is 0 Å². The number of para-hydroxylation sites is 1. The number of carbonyl (C=O) groups excluding carboxylic acids is 1. The van der Waals surface area contributed by atoms with Gasteiger partial charge in [-0.1, -0.05) is 18.2 Å². The number of sulfonamides is 1. The minimum absolute atomic E-state index is 0.0269. The van der Waals surface area contributed by atoms with Crippen molar-refractivity contribution in [3.63, 3.8) is 0 Å². The zero-order valence-electron chi connectivity index (χ0n) is 16.1. The van der Waals surface area contributed by atoms with Crippen LogP contribution in [0.1, 0.15) is 15.9 Å². The van der Waals surface area contributed by atoms with E-state index in [1.807, 2.05) is 0 Å². The molecule has 0 aromatic heterocycles. The van der Waals surface area contributed by atoms with Crippen molar-refractivity contribution in [3.05, 3.63) is 83.9 Å². The molecule has 31 heavy (non-hydrogen) atoms. The van der Waals surface area contributed by atoms with Gasteiger partial charge in [0, 0.05) is 11.3 Å². The van der Waals surface area contributed by atoms with Crippen molar-refractivity contribution in [2.75, 3.05) is 10.0 Å². The second-order valence-electron chi connectivity index (χ2n) is 6.47. The van der Waals surface area contributed by atoms with Gasteiger partial charge in [0.25, 0.3) is 15.9 Å². The number of ether oxygens (including phenoxy) is 1. The van der Waals surface area contributed by atoms with Crippen molar-refractivity contribution >= 4 is 27.3 Å². The van der Waals surface area contributed by atoms with Gasteiger partial charge in [-0.15, -0.1) is 13.2 Å². The number of carbonyl (C=O) groups is 1. The summed E-state index contributed by atoms with van der Waals surface area (Å²) in [5.41, 5.74) is 1.62. The number of benzene rings is 3.